The number of aromatic nitrogens is 6. The lowest BCUT2D eigenvalue weighted by atomic mass is 10.1. The lowest BCUT2D eigenvalue weighted by molar-refractivity contribution is 0.303. The number of methoxy groups -OCH3 is 1. The number of H-pyrrole nitrogens is 1. The molecule has 3 aromatic heterocycles. The van der Waals surface area contributed by atoms with E-state index in [1.807, 2.05) is 60.7 Å². The van der Waals surface area contributed by atoms with E-state index in [4.69, 9.17) is 9.47 Å². The number of nitrogens with one attached hydrogen (secondary N) is 1. The van der Waals surface area contributed by atoms with Crippen LogP contribution in [0.3, 0.4) is 0 Å². The third-order valence-corrected chi connectivity index (χ3v) is 5.22. The Morgan fingerprint density at radius 1 is 1.00 bits per heavy atom. The zero-order valence-corrected chi connectivity index (χ0v) is 16.3. The van der Waals surface area contributed by atoms with Crippen molar-refractivity contribution in [2.24, 2.45) is 0 Å². The van der Waals surface area contributed by atoms with Gasteiger partial charge in [-0.15, -0.1) is 10.2 Å². The third-order valence-electron chi connectivity index (χ3n) is 4.34. The molecule has 0 saturated carbocycles. The van der Waals surface area contributed by atoms with Crippen molar-refractivity contribution < 1.29 is 9.47 Å². The quantitative estimate of drug-likeness (QED) is 0.463. The SMILES string of the molecule is COc1ccc(OCc2nn3c(-c4cc(-c5ccccc5)n[nH]4)nnc3s2)cc1. The van der Waals surface area contributed by atoms with Crippen LogP contribution >= 0.6 is 11.3 Å². The van der Waals surface area contributed by atoms with Gasteiger partial charge in [0.1, 0.15) is 23.8 Å². The molecular weight excluding hydrogens is 388 g/mol. The summed E-state index contributed by atoms with van der Waals surface area (Å²) in [5.41, 5.74) is 2.63. The first kappa shape index (κ1) is 17.4. The van der Waals surface area contributed by atoms with E-state index < -0.39 is 0 Å². The number of fused-ring (bicyclic) bond motifs is 1. The molecule has 0 aliphatic heterocycles. The Labute approximate surface area is 169 Å². The number of nitrogens with zero attached hydrogens (tertiary/aromatic N) is 5. The Morgan fingerprint density at radius 2 is 1.79 bits per heavy atom. The zero-order chi connectivity index (χ0) is 19.6. The van der Waals surface area contributed by atoms with E-state index >= 15 is 0 Å². The van der Waals surface area contributed by atoms with E-state index in [9.17, 15) is 0 Å². The molecule has 9 heteroatoms. The molecule has 3 heterocycles. The molecule has 0 saturated heterocycles. The maximum absolute atomic E-state index is 5.81. The summed E-state index contributed by atoms with van der Waals surface area (Å²) < 4.78 is 12.7. The van der Waals surface area contributed by atoms with Gasteiger partial charge in [0.15, 0.2) is 5.01 Å². The first-order chi connectivity index (χ1) is 14.3. The van der Waals surface area contributed by atoms with Crippen molar-refractivity contribution in [2.45, 2.75) is 6.61 Å². The number of hydrogen-bond acceptors (Lipinski definition) is 7. The van der Waals surface area contributed by atoms with E-state index in [0.29, 0.717) is 17.4 Å². The maximum atomic E-state index is 5.81. The molecule has 0 fully saturated rings. The first-order valence-electron chi connectivity index (χ1n) is 8.89. The van der Waals surface area contributed by atoms with Crippen molar-refractivity contribution in [1.29, 1.82) is 0 Å². The molecule has 0 amide bonds. The van der Waals surface area contributed by atoms with Crippen LogP contribution < -0.4 is 9.47 Å². The number of rotatable bonds is 6. The fourth-order valence-corrected chi connectivity index (χ4v) is 3.64. The molecule has 0 atom stereocenters. The summed E-state index contributed by atoms with van der Waals surface area (Å²) >= 11 is 1.44. The normalized spacial score (nSPS) is 11.1. The molecule has 29 heavy (non-hydrogen) atoms. The molecule has 1 N–H and O–H groups in total. The largest absolute Gasteiger partial charge is 0.497 e. The fraction of sp³-hybridized carbons (Fsp3) is 0.100. The number of ether oxygens (including phenoxy) is 2. The van der Waals surface area contributed by atoms with Crippen molar-refractivity contribution in [3.63, 3.8) is 0 Å². The highest BCUT2D eigenvalue weighted by atomic mass is 32.1. The van der Waals surface area contributed by atoms with E-state index in [1.54, 1.807) is 11.6 Å². The van der Waals surface area contributed by atoms with Crippen LogP contribution in [0.5, 0.6) is 11.5 Å². The second kappa shape index (κ2) is 7.36. The highest BCUT2D eigenvalue weighted by Gasteiger charge is 2.16. The van der Waals surface area contributed by atoms with Crippen LogP contribution in [-0.4, -0.2) is 37.1 Å². The first-order valence-corrected chi connectivity index (χ1v) is 9.71. The zero-order valence-electron chi connectivity index (χ0n) is 15.4. The molecule has 0 bridgehead atoms. The summed E-state index contributed by atoms with van der Waals surface area (Å²) in [6.45, 7) is 0.345. The number of aromatic amines is 1. The van der Waals surface area contributed by atoms with Crippen molar-refractivity contribution in [2.75, 3.05) is 7.11 Å². The van der Waals surface area contributed by atoms with Gasteiger partial charge in [0.05, 0.1) is 12.8 Å². The van der Waals surface area contributed by atoms with Gasteiger partial charge in [-0.2, -0.15) is 14.7 Å². The lowest BCUT2D eigenvalue weighted by Gasteiger charge is -2.04. The Kier molecular flexibility index (Phi) is 4.41. The van der Waals surface area contributed by atoms with Crippen LogP contribution in [0.2, 0.25) is 0 Å². The van der Waals surface area contributed by atoms with Gasteiger partial charge in [-0.1, -0.05) is 41.7 Å². The molecule has 5 rings (SSSR count). The van der Waals surface area contributed by atoms with Gasteiger partial charge < -0.3 is 9.47 Å². The summed E-state index contributed by atoms with van der Waals surface area (Å²) in [4.78, 5) is 0.698. The summed E-state index contributed by atoms with van der Waals surface area (Å²) in [6, 6.07) is 19.3. The molecule has 8 nitrogen and oxygen atoms in total. The predicted molar refractivity (Wildman–Crippen MR) is 109 cm³/mol. The van der Waals surface area contributed by atoms with Crippen LogP contribution in [0.25, 0.3) is 27.7 Å². The molecule has 144 valence electrons. The summed E-state index contributed by atoms with van der Waals surface area (Å²) in [5.74, 6) is 2.15. The second-order valence-corrected chi connectivity index (χ2v) is 7.25. The lowest BCUT2D eigenvalue weighted by Crippen LogP contribution is -1.97. The standard InChI is InChI=1S/C20H16N6O2S/c1-27-14-7-9-15(10-8-14)28-12-18-25-26-19(23-24-20(26)29-18)17-11-16(21-22-17)13-5-3-2-4-6-13/h2-11H,12H2,1H3,(H,21,22). The maximum Gasteiger partial charge on any atom is 0.235 e. The van der Waals surface area contributed by atoms with Gasteiger partial charge >= 0.3 is 0 Å². The summed E-state index contributed by atoms with van der Waals surface area (Å²) in [6.07, 6.45) is 0. The van der Waals surface area contributed by atoms with E-state index in [2.05, 4.69) is 25.5 Å². The molecule has 2 aromatic carbocycles. The summed E-state index contributed by atoms with van der Waals surface area (Å²) in [7, 11) is 1.63. The van der Waals surface area contributed by atoms with Crippen LogP contribution in [0.15, 0.2) is 60.7 Å². The van der Waals surface area contributed by atoms with Gasteiger partial charge in [0.25, 0.3) is 0 Å². The molecule has 5 aromatic rings. The third kappa shape index (κ3) is 3.43. The minimum Gasteiger partial charge on any atom is -0.497 e. The Bertz CT molecular complexity index is 1240. The molecule has 0 spiro atoms. The Hall–Kier alpha value is -3.72. The topological polar surface area (TPSA) is 90.2 Å². The molecular formula is C20H16N6O2S. The van der Waals surface area contributed by atoms with Gasteiger partial charge in [-0.25, -0.2) is 0 Å². The van der Waals surface area contributed by atoms with Crippen molar-refractivity contribution in [3.05, 3.63) is 65.7 Å². The Morgan fingerprint density at radius 3 is 2.59 bits per heavy atom. The van der Waals surface area contributed by atoms with Gasteiger partial charge in [-0.05, 0) is 30.3 Å². The van der Waals surface area contributed by atoms with E-state index in [-0.39, 0.29) is 0 Å². The smallest absolute Gasteiger partial charge is 0.235 e. The van der Waals surface area contributed by atoms with Crippen LogP contribution in [0.1, 0.15) is 5.01 Å². The minimum absolute atomic E-state index is 0.345. The van der Waals surface area contributed by atoms with E-state index in [1.165, 1.54) is 11.3 Å². The van der Waals surface area contributed by atoms with Crippen LogP contribution in [0, 0.1) is 0 Å². The molecule has 0 radical (unpaired) electrons. The molecule has 0 unspecified atom stereocenters. The average Bonchev–Trinajstić information content (AvgIpc) is 3.49. The Balaban J connectivity index is 1.36. The second-order valence-electron chi connectivity index (χ2n) is 6.21. The van der Waals surface area contributed by atoms with Gasteiger partial charge in [0.2, 0.25) is 10.8 Å². The van der Waals surface area contributed by atoms with Gasteiger partial charge in [-0.3, -0.25) is 5.10 Å². The fourth-order valence-electron chi connectivity index (χ4n) is 2.89. The minimum atomic E-state index is 0.345. The predicted octanol–water partition coefficient (Wildman–Crippen LogP) is 3.83. The average molecular weight is 404 g/mol. The van der Waals surface area contributed by atoms with E-state index in [0.717, 1.165) is 33.5 Å². The van der Waals surface area contributed by atoms with Gasteiger partial charge in [0, 0.05) is 5.56 Å². The summed E-state index contributed by atoms with van der Waals surface area (Å²) in [5, 5.41) is 21.3. The van der Waals surface area contributed by atoms with Crippen LogP contribution in [0.4, 0.5) is 0 Å². The van der Waals surface area contributed by atoms with Crippen molar-refractivity contribution >= 4 is 16.3 Å². The number of benzene rings is 2. The monoisotopic (exact) mass is 404 g/mol. The van der Waals surface area contributed by atoms with Crippen molar-refractivity contribution in [1.82, 2.24) is 30.0 Å². The van der Waals surface area contributed by atoms with Crippen LogP contribution in [-0.2, 0) is 6.61 Å². The number of hydrogen-bond donors (Lipinski definition) is 1. The highest BCUT2D eigenvalue weighted by molar-refractivity contribution is 7.16. The highest BCUT2D eigenvalue weighted by Crippen LogP contribution is 2.25. The van der Waals surface area contributed by atoms with Crippen molar-refractivity contribution in [3.8, 4) is 34.3 Å². The molecule has 0 aliphatic carbocycles. The molecule has 0 aliphatic rings.